The van der Waals surface area contributed by atoms with Crippen LogP contribution in [0, 0.1) is 11.7 Å². The molecule has 4 heteroatoms. The average molecular weight is 257 g/mol. The van der Waals surface area contributed by atoms with E-state index in [2.05, 4.69) is 5.32 Å². The van der Waals surface area contributed by atoms with Crippen molar-refractivity contribution in [1.29, 1.82) is 0 Å². The smallest absolute Gasteiger partial charge is 0.137 e. The summed E-state index contributed by atoms with van der Waals surface area (Å²) < 4.78 is 13.8. The van der Waals surface area contributed by atoms with Crippen molar-refractivity contribution >= 4 is 11.8 Å². The van der Waals surface area contributed by atoms with Crippen molar-refractivity contribution in [2.45, 2.75) is 24.8 Å². The molecule has 0 radical (unpaired) electrons. The van der Waals surface area contributed by atoms with Crippen LogP contribution in [0.15, 0.2) is 23.1 Å². The Bertz CT molecular complexity index is 359. The van der Waals surface area contributed by atoms with Gasteiger partial charge in [0, 0.05) is 23.3 Å². The van der Waals surface area contributed by atoms with Crippen LogP contribution < -0.4 is 5.32 Å². The lowest BCUT2D eigenvalue weighted by molar-refractivity contribution is 0.250. The number of hydrogen-bond donors (Lipinski definition) is 2. The van der Waals surface area contributed by atoms with Gasteiger partial charge in [-0.3, -0.25) is 0 Å². The van der Waals surface area contributed by atoms with E-state index in [1.165, 1.54) is 17.8 Å². The Labute approximate surface area is 107 Å². The molecule has 0 bridgehead atoms. The van der Waals surface area contributed by atoms with Crippen LogP contribution in [0.3, 0.4) is 0 Å². The van der Waals surface area contributed by atoms with Crippen LogP contribution >= 0.6 is 11.8 Å². The first-order valence-corrected chi connectivity index (χ1v) is 6.78. The van der Waals surface area contributed by atoms with Crippen LogP contribution in [0.2, 0.25) is 0 Å². The van der Waals surface area contributed by atoms with Gasteiger partial charge in [-0.25, -0.2) is 4.39 Å². The van der Waals surface area contributed by atoms with Crippen molar-refractivity contribution in [3.05, 3.63) is 29.6 Å². The average Bonchev–Trinajstić information content (AvgIpc) is 2.35. The molecule has 0 heterocycles. The van der Waals surface area contributed by atoms with Crippen LogP contribution in [-0.2, 0) is 0 Å². The van der Waals surface area contributed by atoms with Crippen LogP contribution in [0.4, 0.5) is 4.39 Å². The largest absolute Gasteiger partial charge is 0.396 e. The Kier molecular flexibility index (Phi) is 5.95. The van der Waals surface area contributed by atoms with E-state index in [1.54, 1.807) is 6.07 Å². The molecule has 0 saturated carbocycles. The number of rotatable bonds is 6. The van der Waals surface area contributed by atoms with Crippen LogP contribution in [0.25, 0.3) is 0 Å². The molecule has 96 valence electrons. The number of benzene rings is 1. The first-order valence-electron chi connectivity index (χ1n) is 5.79. The van der Waals surface area contributed by atoms with Crippen LogP contribution in [0.1, 0.15) is 25.5 Å². The summed E-state index contributed by atoms with van der Waals surface area (Å²) in [6, 6.07) is 5.28. The van der Waals surface area contributed by atoms with Crippen molar-refractivity contribution in [1.82, 2.24) is 5.32 Å². The second-order valence-electron chi connectivity index (χ2n) is 4.27. The maximum Gasteiger partial charge on any atom is 0.137 e. The summed E-state index contributed by atoms with van der Waals surface area (Å²) in [5, 5.41) is 12.1. The van der Waals surface area contributed by atoms with E-state index < -0.39 is 0 Å². The fourth-order valence-electron chi connectivity index (χ4n) is 1.45. The van der Waals surface area contributed by atoms with Crippen LogP contribution in [0.5, 0.6) is 0 Å². The van der Waals surface area contributed by atoms with Crippen molar-refractivity contribution in [3.63, 3.8) is 0 Å². The molecular weight excluding hydrogens is 237 g/mol. The fraction of sp³-hybridized carbons (Fsp3) is 0.538. The molecule has 2 N–H and O–H groups in total. The van der Waals surface area contributed by atoms with Gasteiger partial charge in [-0.15, -0.1) is 11.8 Å². The van der Waals surface area contributed by atoms with E-state index in [9.17, 15) is 4.39 Å². The third kappa shape index (κ3) is 3.98. The molecule has 0 aliphatic rings. The van der Waals surface area contributed by atoms with E-state index in [1.807, 2.05) is 27.0 Å². The zero-order valence-electron chi connectivity index (χ0n) is 10.5. The molecule has 0 amide bonds. The summed E-state index contributed by atoms with van der Waals surface area (Å²) in [5.41, 5.74) is 0.975. The lowest BCUT2D eigenvalue weighted by Crippen LogP contribution is -2.14. The van der Waals surface area contributed by atoms with Crippen molar-refractivity contribution < 1.29 is 9.50 Å². The maximum atomic E-state index is 13.8. The highest BCUT2D eigenvalue weighted by molar-refractivity contribution is 7.99. The SMILES string of the molecule is CNC(C)c1cccc(F)c1SCC(C)CO. The lowest BCUT2D eigenvalue weighted by Gasteiger charge is -2.17. The molecule has 2 nitrogen and oxygen atoms in total. The number of halogens is 1. The number of aliphatic hydroxyl groups is 1. The Morgan fingerprint density at radius 2 is 2.12 bits per heavy atom. The van der Waals surface area contributed by atoms with E-state index >= 15 is 0 Å². The highest BCUT2D eigenvalue weighted by atomic mass is 32.2. The third-order valence-corrected chi connectivity index (χ3v) is 4.18. The van der Waals surface area contributed by atoms with Gasteiger partial charge in [-0.05, 0) is 31.5 Å². The van der Waals surface area contributed by atoms with E-state index in [-0.39, 0.29) is 24.4 Å². The molecule has 0 saturated heterocycles. The monoisotopic (exact) mass is 257 g/mol. The fourth-order valence-corrected chi connectivity index (χ4v) is 2.63. The van der Waals surface area contributed by atoms with Gasteiger partial charge in [0.15, 0.2) is 0 Å². The van der Waals surface area contributed by atoms with Gasteiger partial charge in [0.2, 0.25) is 0 Å². The third-order valence-electron chi connectivity index (χ3n) is 2.72. The minimum absolute atomic E-state index is 0.123. The van der Waals surface area contributed by atoms with Gasteiger partial charge in [-0.1, -0.05) is 19.1 Å². The van der Waals surface area contributed by atoms with Gasteiger partial charge < -0.3 is 10.4 Å². The van der Waals surface area contributed by atoms with E-state index in [4.69, 9.17) is 5.11 Å². The van der Waals surface area contributed by atoms with Crippen LogP contribution in [-0.4, -0.2) is 24.5 Å². The number of nitrogens with one attached hydrogen (secondary N) is 1. The minimum Gasteiger partial charge on any atom is -0.396 e. The molecule has 1 aromatic rings. The van der Waals surface area contributed by atoms with Gasteiger partial charge in [-0.2, -0.15) is 0 Å². The summed E-state index contributed by atoms with van der Waals surface area (Å²) in [6.45, 7) is 4.10. The molecule has 1 aromatic carbocycles. The molecule has 0 fully saturated rings. The first-order chi connectivity index (χ1) is 8.10. The van der Waals surface area contributed by atoms with Gasteiger partial charge in [0.05, 0.1) is 0 Å². The second kappa shape index (κ2) is 6.99. The number of hydrogen-bond acceptors (Lipinski definition) is 3. The predicted molar refractivity (Wildman–Crippen MR) is 70.8 cm³/mol. The molecule has 2 atom stereocenters. The zero-order chi connectivity index (χ0) is 12.8. The lowest BCUT2D eigenvalue weighted by atomic mass is 10.1. The molecular formula is C13H20FNOS. The second-order valence-corrected chi connectivity index (χ2v) is 5.30. The Hall–Kier alpha value is -0.580. The molecule has 0 aliphatic carbocycles. The molecule has 0 aromatic heterocycles. The normalized spacial score (nSPS) is 14.6. The van der Waals surface area contributed by atoms with Crippen molar-refractivity contribution in [2.24, 2.45) is 5.92 Å². The predicted octanol–water partition coefficient (Wildman–Crippen LogP) is 2.83. The molecule has 1 rings (SSSR count). The number of thioether (sulfide) groups is 1. The van der Waals surface area contributed by atoms with Gasteiger partial charge in [0.1, 0.15) is 5.82 Å². The summed E-state index contributed by atoms with van der Waals surface area (Å²) in [6.07, 6.45) is 0. The minimum atomic E-state index is -0.181. The standard InChI is InChI=1S/C13H20FNOS/c1-9(7-16)8-17-13-11(10(2)15-3)5-4-6-12(13)14/h4-6,9-10,15-16H,7-8H2,1-3H3. The van der Waals surface area contributed by atoms with Gasteiger partial charge >= 0.3 is 0 Å². The summed E-state index contributed by atoms with van der Waals surface area (Å²) in [5.74, 6) is 0.720. The molecule has 0 aliphatic heterocycles. The topological polar surface area (TPSA) is 32.3 Å². The van der Waals surface area contributed by atoms with E-state index in [0.717, 1.165) is 11.3 Å². The maximum absolute atomic E-state index is 13.8. The number of aliphatic hydroxyl groups excluding tert-OH is 1. The highest BCUT2D eigenvalue weighted by Crippen LogP contribution is 2.31. The first kappa shape index (κ1) is 14.5. The van der Waals surface area contributed by atoms with E-state index in [0.29, 0.717) is 4.90 Å². The molecule has 2 unspecified atom stereocenters. The molecule has 0 spiro atoms. The Morgan fingerprint density at radius 1 is 1.41 bits per heavy atom. The van der Waals surface area contributed by atoms with Gasteiger partial charge in [0.25, 0.3) is 0 Å². The summed E-state index contributed by atoms with van der Waals surface area (Å²) in [4.78, 5) is 0.689. The molecule has 17 heavy (non-hydrogen) atoms. The van der Waals surface area contributed by atoms with Crippen molar-refractivity contribution in [2.75, 3.05) is 19.4 Å². The Morgan fingerprint density at radius 3 is 2.71 bits per heavy atom. The Balaban J connectivity index is 2.88. The quantitative estimate of drug-likeness (QED) is 0.769. The zero-order valence-corrected chi connectivity index (χ0v) is 11.4. The summed E-state index contributed by atoms with van der Waals surface area (Å²) >= 11 is 1.48. The highest BCUT2D eigenvalue weighted by Gasteiger charge is 2.14. The van der Waals surface area contributed by atoms with Crippen molar-refractivity contribution in [3.8, 4) is 0 Å². The summed E-state index contributed by atoms with van der Waals surface area (Å²) in [7, 11) is 1.86.